The number of nitrogens with one attached hydrogen (secondary N) is 2. The van der Waals surface area contributed by atoms with Crippen LogP contribution >= 0.6 is 0 Å². The summed E-state index contributed by atoms with van der Waals surface area (Å²) in [7, 11) is 0. The van der Waals surface area contributed by atoms with Crippen LogP contribution in [0.2, 0.25) is 0 Å². The van der Waals surface area contributed by atoms with Crippen LogP contribution in [0.4, 0.5) is 0 Å². The fourth-order valence-corrected chi connectivity index (χ4v) is 6.53. The first kappa shape index (κ1) is 27.6. The summed E-state index contributed by atoms with van der Waals surface area (Å²) in [5.41, 5.74) is 14.9. The fourth-order valence-electron chi connectivity index (χ4n) is 6.53. The molecule has 6 nitrogen and oxygen atoms in total. The third kappa shape index (κ3) is 5.02. The molecule has 0 saturated heterocycles. The van der Waals surface area contributed by atoms with Crippen molar-refractivity contribution >= 4 is 45.9 Å². The molecule has 2 N–H and O–H groups in total. The number of aromatic nitrogens is 6. The molecule has 7 aromatic rings. The molecule has 5 aromatic heterocycles. The molecule has 6 heteroatoms. The predicted molar refractivity (Wildman–Crippen MR) is 195 cm³/mol. The van der Waals surface area contributed by atoms with Gasteiger partial charge in [0.1, 0.15) is 0 Å². The molecule has 0 aliphatic carbocycles. The van der Waals surface area contributed by atoms with Gasteiger partial charge in [0, 0.05) is 45.6 Å². The van der Waals surface area contributed by atoms with Crippen molar-refractivity contribution in [3.05, 3.63) is 168 Å². The highest BCUT2D eigenvalue weighted by molar-refractivity contribution is 6.10. The van der Waals surface area contributed by atoms with Crippen molar-refractivity contribution in [2.45, 2.75) is 0 Å². The molecular formula is C42H28N6. The topological polar surface area (TPSA) is 83.1 Å². The molecule has 0 radical (unpaired) electrons. The largest absolute Gasteiger partial charge is 0.355 e. The normalized spacial score (nSPS) is 12.2. The standard InChI is InChI=1S/C42H28N6/c1-3-11-27(12-4-1)38-37-26-32-20-19-30(46-32)23-29-17-18-31(45-29)24-33-25-34(35-15-7-9-21-43-35)41(47-33)40(36-16-8-10-22-44-36)42(48-37)39(38)28-13-5-2-6-14-28/h1-26,45,48H. The molecule has 2 aliphatic heterocycles. The van der Waals surface area contributed by atoms with Gasteiger partial charge in [-0.25, -0.2) is 9.97 Å². The first-order chi connectivity index (χ1) is 23.8. The smallest absolute Gasteiger partial charge is 0.0846 e. The molecular weight excluding hydrogens is 589 g/mol. The molecule has 0 amide bonds. The van der Waals surface area contributed by atoms with Gasteiger partial charge in [0.05, 0.1) is 45.2 Å². The number of aromatic amines is 2. The van der Waals surface area contributed by atoms with Crippen molar-refractivity contribution in [3.8, 4) is 33.5 Å². The number of hydrogen-bond acceptors (Lipinski definition) is 4. The number of H-pyrrole nitrogens is 2. The van der Waals surface area contributed by atoms with E-state index in [-0.39, 0.29) is 0 Å². The molecule has 0 saturated carbocycles. The lowest BCUT2D eigenvalue weighted by molar-refractivity contribution is 1.24. The SMILES string of the molecule is C1=Cc2cc3[nH]c(c(-c4ccccn4)c4nc(cc5ccc(cc1n2)[nH]5)C=C4c1ccccn1)c(-c1ccccc1)c3-c1ccccc1. The van der Waals surface area contributed by atoms with E-state index >= 15 is 0 Å². The number of hydrogen-bond donors (Lipinski definition) is 2. The summed E-state index contributed by atoms with van der Waals surface area (Å²) in [5, 5.41) is 0. The number of benzene rings is 2. The van der Waals surface area contributed by atoms with E-state index in [1.807, 2.05) is 67.0 Å². The number of fused-ring (bicyclic) bond motifs is 8. The van der Waals surface area contributed by atoms with Crippen molar-refractivity contribution < 1.29 is 0 Å². The lowest BCUT2D eigenvalue weighted by Crippen LogP contribution is -1.95. The van der Waals surface area contributed by atoms with Crippen molar-refractivity contribution in [2.24, 2.45) is 0 Å². The second-order valence-electron chi connectivity index (χ2n) is 11.7. The Balaban J connectivity index is 1.54. The van der Waals surface area contributed by atoms with Crippen molar-refractivity contribution in [1.82, 2.24) is 29.9 Å². The van der Waals surface area contributed by atoms with Gasteiger partial charge in [-0.2, -0.15) is 0 Å². The minimum absolute atomic E-state index is 0.794. The van der Waals surface area contributed by atoms with Crippen LogP contribution in [0, 0.1) is 0 Å². The Morgan fingerprint density at radius 2 is 1.06 bits per heavy atom. The van der Waals surface area contributed by atoms with Gasteiger partial charge in [0.15, 0.2) is 0 Å². The zero-order valence-electron chi connectivity index (χ0n) is 25.8. The van der Waals surface area contributed by atoms with Crippen LogP contribution in [0.3, 0.4) is 0 Å². The summed E-state index contributed by atoms with van der Waals surface area (Å²) < 4.78 is 0. The Kier molecular flexibility index (Phi) is 6.68. The molecule has 0 spiro atoms. The maximum absolute atomic E-state index is 5.34. The molecule has 9 rings (SSSR count). The molecule has 226 valence electrons. The zero-order chi connectivity index (χ0) is 31.9. The van der Waals surface area contributed by atoms with E-state index in [2.05, 4.69) is 101 Å². The van der Waals surface area contributed by atoms with Crippen LogP contribution in [0.1, 0.15) is 28.5 Å². The summed E-state index contributed by atoms with van der Waals surface area (Å²) in [4.78, 5) is 27.5. The monoisotopic (exact) mass is 616 g/mol. The van der Waals surface area contributed by atoms with E-state index in [4.69, 9.17) is 19.9 Å². The van der Waals surface area contributed by atoms with Gasteiger partial charge < -0.3 is 9.97 Å². The Labute approximate surface area is 276 Å². The zero-order valence-corrected chi connectivity index (χ0v) is 25.8. The highest BCUT2D eigenvalue weighted by Crippen LogP contribution is 2.45. The molecule has 2 aromatic carbocycles. The third-order valence-electron chi connectivity index (χ3n) is 8.60. The highest BCUT2D eigenvalue weighted by Gasteiger charge is 2.25. The van der Waals surface area contributed by atoms with Gasteiger partial charge in [-0.05, 0) is 84.0 Å². The summed E-state index contributed by atoms with van der Waals surface area (Å²) in [6.07, 6.45) is 9.88. The molecule has 0 fully saturated rings. The van der Waals surface area contributed by atoms with Crippen LogP contribution in [-0.2, 0) is 0 Å². The molecule has 7 heterocycles. The lowest BCUT2D eigenvalue weighted by atomic mass is 9.93. The second-order valence-corrected chi connectivity index (χ2v) is 11.7. The summed E-state index contributed by atoms with van der Waals surface area (Å²) in [6, 6.07) is 43.4. The maximum atomic E-state index is 5.34. The van der Waals surface area contributed by atoms with Gasteiger partial charge in [0.2, 0.25) is 0 Å². The number of pyridine rings is 2. The van der Waals surface area contributed by atoms with E-state index in [1.54, 1.807) is 0 Å². The summed E-state index contributed by atoms with van der Waals surface area (Å²) in [5.74, 6) is 0. The minimum Gasteiger partial charge on any atom is -0.355 e. The minimum atomic E-state index is 0.794. The van der Waals surface area contributed by atoms with E-state index in [1.165, 1.54) is 0 Å². The molecule has 48 heavy (non-hydrogen) atoms. The lowest BCUT2D eigenvalue weighted by Gasteiger charge is -2.11. The van der Waals surface area contributed by atoms with Crippen molar-refractivity contribution in [1.29, 1.82) is 0 Å². The van der Waals surface area contributed by atoms with Crippen LogP contribution in [0.5, 0.6) is 0 Å². The highest BCUT2D eigenvalue weighted by atomic mass is 14.8. The fraction of sp³-hybridized carbons (Fsp3) is 0. The van der Waals surface area contributed by atoms with E-state index < -0.39 is 0 Å². The van der Waals surface area contributed by atoms with Crippen LogP contribution in [0.15, 0.2) is 140 Å². The van der Waals surface area contributed by atoms with Gasteiger partial charge in [-0.15, -0.1) is 0 Å². The maximum Gasteiger partial charge on any atom is 0.0846 e. The molecule has 0 atom stereocenters. The van der Waals surface area contributed by atoms with Crippen LogP contribution in [-0.4, -0.2) is 29.9 Å². The quantitative estimate of drug-likeness (QED) is 0.206. The Morgan fingerprint density at radius 3 is 1.73 bits per heavy atom. The van der Waals surface area contributed by atoms with Gasteiger partial charge >= 0.3 is 0 Å². The predicted octanol–water partition coefficient (Wildman–Crippen LogP) is 9.87. The van der Waals surface area contributed by atoms with Gasteiger partial charge in [0.25, 0.3) is 0 Å². The van der Waals surface area contributed by atoms with Crippen LogP contribution in [0.25, 0.3) is 79.4 Å². The second kappa shape index (κ2) is 11.6. The van der Waals surface area contributed by atoms with Crippen molar-refractivity contribution in [2.75, 3.05) is 0 Å². The number of rotatable bonds is 4. The third-order valence-corrected chi connectivity index (χ3v) is 8.60. The Morgan fingerprint density at radius 1 is 0.458 bits per heavy atom. The average molecular weight is 617 g/mol. The molecule has 0 unspecified atom stereocenters. The Hall–Kier alpha value is -6.66. The Bertz CT molecular complexity index is 2530. The summed E-state index contributed by atoms with van der Waals surface area (Å²) in [6.45, 7) is 0. The first-order valence-corrected chi connectivity index (χ1v) is 15.9. The van der Waals surface area contributed by atoms with Gasteiger partial charge in [-0.1, -0.05) is 72.8 Å². The van der Waals surface area contributed by atoms with Crippen molar-refractivity contribution in [3.63, 3.8) is 0 Å². The number of nitrogens with zero attached hydrogens (tertiary/aromatic N) is 4. The van der Waals surface area contributed by atoms with Crippen LogP contribution < -0.4 is 0 Å². The van der Waals surface area contributed by atoms with Gasteiger partial charge in [-0.3, -0.25) is 9.97 Å². The molecule has 8 bridgehead atoms. The van der Waals surface area contributed by atoms with E-state index in [0.29, 0.717) is 0 Å². The summed E-state index contributed by atoms with van der Waals surface area (Å²) >= 11 is 0. The first-order valence-electron chi connectivity index (χ1n) is 15.9. The molecule has 2 aliphatic rings. The van der Waals surface area contributed by atoms with E-state index in [9.17, 15) is 0 Å². The van der Waals surface area contributed by atoms with E-state index in [0.717, 1.165) is 89.6 Å². The average Bonchev–Trinajstić information content (AvgIpc) is 3.94.